The zero-order valence-corrected chi connectivity index (χ0v) is 31.6. The maximum absolute atomic E-state index is 13.2. The Hall–Kier alpha value is -4.35. The fraction of sp³-hybridized carbons (Fsp3) is 0.615. The van der Waals surface area contributed by atoms with Crippen molar-refractivity contribution in [1.82, 2.24) is 9.55 Å². The molecular weight excluding hydrogens is 716 g/mol. The van der Waals surface area contributed by atoms with Crippen LogP contribution in [0.4, 0.5) is 5.69 Å². The third-order valence-corrected chi connectivity index (χ3v) is 9.68. The quantitative estimate of drug-likeness (QED) is 0.0809. The Labute approximate surface area is 320 Å². The molecule has 4 rings (SSSR count). The number of nitrogens with one attached hydrogen (secondary N) is 2. The number of benzene rings is 1. The molecule has 6 N–H and O–H groups in total. The summed E-state index contributed by atoms with van der Waals surface area (Å²) in [5.41, 5.74) is 4.60. The minimum Gasteiger partial charge on any atom is -0.456 e. The van der Waals surface area contributed by atoms with E-state index in [9.17, 15) is 34.2 Å². The largest absolute Gasteiger partial charge is 0.456 e. The molecule has 1 fully saturated rings. The number of esters is 1. The van der Waals surface area contributed by atoms with Gasteiger partial charge >= 0.3 is 11.7 Å². The lowest BCUT2D eigenvalue weighted by atomic mass is 10.0. The number of aromatic amines is 1. The van der Waals surface area contributed by atoms with Gasteiger partial charge < -0.3 is 44.9 Å². The van der Waals surface area contributed by atoms with Crippen LogP contribution in [0.15, 0.2) is 64.0 Å². The molecule has 55 heavy (non-hydrogen) atoms. The number of nitrogens with zero attached hydrogens (tertiary/aromatic N) is 1. The van der Waals surface area contributed by atoms with E-state index in [2.05, 4.69) is 17.2 Å². The summed E-state index contributed by atoms with van der Waals surface area (Å²) in [6.45, 7) is 2.22. The van der Waals surface area contributed by atoms with E-state index < -0.39 is 83.9 Å². The first-order valence-corrected chi connectivity index (χ1v) is 19.3. The van der Waals surface area contributed by atoms with Crippen LogP contribution < -0.4 is 22.3 Å². The molecule has 8 atom stereocenters. The second kappa shape index (κ2) is 22.3. The molecule has 2 aliphatic heterocycles. The molecule has 0 saturated carbocycles. The summed E-state index contributed by atoms with van der Waals surface area (Å²) >= 11 is 0. The lowest BCUT2D eigenvalue weighted by molar-refractivity contribution is -0.241. The highest BCUT2D eigenvalue weighted by molar-refractivity contribution is 6.02. The van der Waals surface area contributed by atoms with Crippen LogP contribution in [0.2, 0.25) is 0 Å². The lowest BCUT2D eigenvalue weighted by Gasteiger charge is -2.35. The van der Waals surface area contributed by atoms with Crippen LogP contribution in [0.1, 0.15) is 103 Å². The molecule has 0 spiro atoms. The van der Waals surface area contributed by atoms with Crippen LogP contribution in [0, 0.1) is 0 Å². The molecule has 0 bridgehead atoms. The highest BCUT2D eigenvalue weighted by Gasteiger charge is 2.54. The fourth-order valence-corrected chi connectivity index (χ4v) is 6.70. The SMILES string of the molecule is CCCCCCCCCCCCCCCC(=O)O[C@@H]1[C@H](OC)[C@@H]([C@@H](O[C@H]2OC(C(=O)Nc3ccccc3)=C[C@H](O)[C@@H]2O)C(N)=O)O[C@H]1n1ccc(=O)[nH]c1=O. The Bertz CT molecular complexity index is 1660. The standard InChI is InChI=1S/C39H56N4O12/c1-3-4-5-6-7-8-9-10-11-12-13-14-18-21-29(46)53-34-31(51-2)32(54-37(34)43-23-22-28(45)42-39(43)50)33(35(40)48)55-38-30(47)26(44)24-27(52-38)36(49)41-25-19-16-15-17-20-25/h15-17,19-20,22-24,26,30-34,37-38,44,47H,3-14,18,21H2,1-2H3,(H2,40,48)(H,41,49)(H,42,45,50)/t26-,30-,31+,32-,33+,34+,37+,38+/m0/s1. The van der Waals surface area contributed by atoms with Crippen molar-refractivity contribution in [1.29, 1.82) is 0 Å². The average Bonchev–Trinajstić information content (AvgIpc) is 3.50. The molecule has 1 aromatic heterocycles. The lowest BCUT2D eigenvalue weighted by Crippen LogP contribution is -2.54. The zero-order valence-electron chi connectivity index (χ0n) is 31.6. The van der Waals surface area contributed by atoms with Gasteiger partial charge in [-0.2, -0.15) is 0 Å². The van der Waals surface area contributed by atoms with Crippen LogP contribution >= 0.6 is 0 Å². The summed E-state index contributed by atoms with van der Waals surface area (Å²) in [4.78, 5) is 66.0. The van der Waals surface area contributed by atoms with Gasteiger partial charge in [0.05, 0.1) is 0 Å². The van der Waals surface area contributed by atoms with Gasteiger partial charge in [-0.15, -0.1) is 0 Å². The van der Waals surface area contributed by atoms with E-state index in [1.807, 2.05) is 0 Å². The van der Waals surface area contributed by atoms with Gasteiger partial charge in [0.1, 0.15) is 24.4 Å². The van der Waals surface area contributed by atoms with Crippen molar-refractivity contribution in [2.75, 3.05) is 12.4 Å². The topological polar surface area (TPSA) is 231 Å². The van der Waals surface area contributed by atoms with Gasteiger partial charge in [-0.25, -0.2) is 4.79 Å². The van der Waals surface area contributed by atoms with Crippen LogP contribution in [0.5, 0.6) is 0 Å². The Morgan fingerprint density at radius 2 is 1.53 bits per heavy atom. The van der Waals surface area contributed by atoms with Gasteiger partial charge in [0.25, 0.3) is 11.5 Å². The summed E-state index contributed by atoms with van der Waals surface area (Å²) in [5.74, 6) is -2.93. The maximum Gasteiger partial charge on any atom is 0.330 e. The van der Waals surface area contributed by atoms with Gasteiger partial charge in [0.15, 0.2) is 24.2 Å². The van der Waals surface area contributed by atoms with E-state index in [1.54, 1.807) is 30.3 Å². The highest BCUT2D eigenvalue weighted by Crippen LogP contribution is 2.36. The van der Waals surface area contributed by atoms with Crippen LogP contribution in [-0.2, 0) is 38.1 Å². The van der Waals surface area contributed by atoms with Crippen LogP contribution in [0.25, 0.3) is 0 Å². The molecule has 16 heteroatoms. The molecule has 2 aromatic rings. The number of aliphatic hydroxyl groups is 2. The summed E-state index contributed by atoms with van der Waals surface area (Å²) in [6.07, 6.45) is 4.37. The number of methoxy groups -OCH3 is 1. The van der Waals surface area contributed by atoms with E-state index in [0.717, 1.165) is 48.6 Å². The van der Waals surface area contributed by atoms with E-state index in [4.69, 9.17) is 29.4 Å². The molecule has 0 radical (unpaired) electrons. The van der Waals surface area contributed by atoms with Gasteiger partial charge in [-0.1, -0.05) is 102 Å². The first-order chi connectivity index (χ1) is 26.5. The second-order valence-corrected chi connectivity index (χ2v) is 13.9. The number of amides is 2. The predicted octanol–water partition coefficient (Wildman–Crippen LogP) is 3.31. The molecule has 2 aliphatic rings. The zero-order chi connectivity index (χ0) is 39.7. The molecule has 1 saturated heterocycles. The molecular formula is C39H56N4O12. The highest BCUT2D eigenvalue weighted by atomic mass is 16.7. The number of ether oxygens (including phenoxy) is 5. The van der Waals surface area contributed by atoms with E-state index >= 15 is 0 Å². The van der Waals surface area contributed by atoms with Crippen molar-refractivity contribution >= 4 is 23.5 Å². The van der Waals surface area contributed by atoms with Crippen molar-refractivity contribution < 1.29 is 48.3 Å². The summed E-state index contributed by atoms with van der Waals surface area (Å²) < 4.78 is 30.0. The van der Waals surface area contributed by atoms with Crippen LogP contribution in [0.3, 0.4) is 0 Å². The van der Waals surface area contributed by atoms with Gasteiger partial charge in [0.2, 0.25) is 12.2 Å². The first-order valence-electron chi connectivity index (χ1n) is 19.3. The summed E-state index contributed by atoms with van der Waals surface area (Å²) in [6, 6.07) is 9.46. The Balaban J connectivity index is 1.40. The summed E-state index contributed by atoms with van der Waals surface area (Å²) in [5, 5.41) is 23.9. The van der Waals surface area contributed by atoms with Crippen molar-refractivity contribution in [3.63, 3.8) is 0 Å². The minimum atomic E-state index is -1.82. The molecule has 2 amide bonds. The fourth-order valence-electron chi connectivity index (χ4n) is 6.70. The number of anilines is 1. The molecule has 3 heterocycles. The van der Waals surface area contributed by atoms with Gasteiger partial charge in [-0.3, -0.25) is 28.7 Å². The second-order valence-electron chi connectivity index (χ2n) is 13.9. The first kappa shape index (κ1) is 43.4. The molecule has 0 unspecified atom stereocenters. The average molecular weight is 773 g/mol. The molecule has 0 aliphatic carbocycles. The number of rotatable bonds is 23. The number of carbonyl (C=O) groups is 3. The number of nitrogens with two attached hydrogens (primary N) is 1. The number of unbranched alkanes of at least 4 members (excludes halogenated alkanes) is 12. The van der Waals surface area contributed by atoms with Gasteiger partial charge in [-0.05, 0) is 24.6 Å². The van der Waals surface area contributed by atoms with Crippen molar-refractivity contribution in [3.8, 4) is 0 Å². The van der Waals surface area contributed by atoms with E-state index in [-0.39, 0.29) is 6.42 Å². The summed E-state index contributed by atoms with van der Waals surface area (Å²) in [7, 11) is 1.26. The van der Waals surface area contributed by atoms with Crippen molar-refractivity contribution in [2.45, 2.75) is 146 Å². The Morgan fingerprint density at radius 1 is 0.909 bits per heavy atom. The predicted molar refractivity (Wildman–Crippen MR) is 200 cm³/mol. The third kappa shape index (κ3) is 12.9. The minimum absolute atomic E-state index is 0.0680. The number of aliphatic hydroxyl groups excluding tert-OH is 2. The van der Waals surface area contributed by atoms with Crippen molar-refractivity contribution in [3.05, 3.63) is 75.3 Å². The molecule has 304 valence electrons. The number of hydrogen-bond donors (Lipinski definition) is 5. The Morgan fingerprint density at radius 3 is 2.11 bits per heavy atom. The Kier molecular flexibility index (Phi) is 17.6. The van der Waals surface area contributed by atoms with Crippen molar-refractivity contribution in [2.24, 2.45) is 5.73 Å². The third-order valence-electron chi connectivity index (χ3n) is 9.68. The van der Waals surface area contributed by atoms with Gasteiger partial charge in [0, 0.05) is 31.5 Å². The molecule has 1 aromatic carbocycles. The van der Waals surface area contributed by atoms with E-state index in [1.165, 1.54) is 58.5 Å². The smallest absolute Gasteiger partial charge is 0.330 e. The number of aromatic nitrogens is 2. The van der Waals surface area contributed by atoms with E-state index in [0.29, 0.717) is 12.1 Å². The number of primary amides is 1. The maximum atomic E-state index is 13.2. The van der Waals surface area contributed by atoms with Crippen LogP contribution in [-0.4, -0.2) is 87.6 Å². The number of H-pyrrole nitrogens is 1. The number of hydrogen-bond acceptors (Lipinski definition) is 12. The molecule has 16 nitrogen and oxygen atoms in total. The monoisotopic (exact) mass is 772 g/mol. The normalized spacial score (nSPS) is 24.1. The number of para-hydroxylation sites is 1. The number of carbonyl (C=O) groups excluding carboxylic acids is 3.